The molecule has 0 aliphatic carbocycles. The molecule has 0 spiro atoms. The summed E-state index contributed by atoms with van der Waals surface area (Å²) in [7, 11) is -2.67. The van der Waals surface area contributed by atoms with Crippen LogP contribution in [0.4, 0.5) is 4.39 Å². The third kappa shape index (κ3) is 7.19. The number of aliphatic hydroxyl groups is 1. The third-order valence-electron chi connectivity index (χ3n) is 6.15. The number of aromatic nitrogens is 1. The van der Waals surface area contributed by atoms with Crippen LogP contribution >= 0.6 is 8.03 Å². The van der Waals surface area contributed by atoms with Crippen molar-refractivity contribution in [1.29, 1.82) is 0 Å². The molecule has 0 aliphatic heterocycles. The normalized spacial score (nSPS) is 12.6. The highest BCUT2D eigenvalue weighted by molar-refractivity contribution is 7.39. The van der Waals surface area contributed by atoms with Gasteiger partial charge >= 0.3 is 5.97 Å². The van der Waals surface area contributed by atoms with Crippen molar-refractivity contribution < 1.29 is 28.5 Å². The van der Waals surface area contributed by atoms with E-state index in [1.807, 2.05) is 44.2 Å². The minimum Gasteiger partial charge on any atom is -0.481 e. The molecule has 39 heavy (non-hydrogen) atoms. The summed E-state index contributed by atoms with van der Waals surface area (Å²) in [5.74, 6) is 4.51. The molecule has 0 saturated heterocycles. The zero-order valence-corrected chi connectivity index (χ0v) is 22.6. The Labute approximate surface area is 227 Å². The van der Waals surface area contributed by atoms with Gasteiger partial charge in [0.2, 0.25) is 0 Å². The van der Waals surface area contributed by atoms with Crippen molar-refractivity contribution in [2.45, 2.75) is 32.3 Å². The number of carbonyl (C=O) groups is 1. The van der Waals surface area contributed by atoms with Crippen LogP contribution in [0.2, 0.25) is 0 Å². The molecular formula is C31H29FNO5P. The summed E-state index contributed by atoms with van der Waals surface area (Å²) in [6, 6.07) is 22.3. The third-order valence-corrected chi connectivity index (χ3v) is 7.42. The van der Waals surface area contributed by atoms with E-state index in [0.717, 1.165) is 38.9 Å². The van der Waals surface area contributed by atoms with Gasteiger partial charge in [0.25, 0.3) is 0 Å². The number of nitrogens with zero attached hydrogens (tertiary/aromatic N) is 1. The van der Waals surface area contributed by atoms with Gasteiger partial charge in [0.05, 0.1) is 29.5 Å². The van der Waals surface area contributed by atoms with Gasteiger partial charge in [-0.15, -0.1) is 0 Å². The van der Waals surface area contributed by atoms with E-state index >= 15 is 0 Å². The molecule has 1 heterocycles. The van der Waals surface area contributed by atoms with Crippen LogP contribution in [-0.4, -0.2) is 40.0 Å². The van der Waals surface area contributed by atoms with Crippen LogP contribution in [-0.2, 0) is 13.9 Å². The molecule has 0 fully saturated rings. The highest BCUT2D eigenvalue weighted by Gasteiger charge is 2.18. The maximum atomic E-state index is 13.8. The Bertz CT molecular complexity index is 1570. The van der Waals surface area contributed by atoms with Gasteiger partial charge in [-0.3, -0.25) is 14.3 Å². The summed E-state index contributed by atoms with van der Waals surface area (Å²) in [4.78, 5) is 15.7. The van der Waals surface area contributed by atoms with Crippen molar-refractivity contribution in [3.8, 4) is 34.2 Å². The molecular weight excluding hydrogens is 516 g/mol. The number of halogens is 1. The van der Waals surface area contributed by atoms with Crippen LogP contribution in [0.1, 0.15) is 37.4 Å². The number of hydrogen-bond donors (Lipinski definition) is 2. The van der Waals surface area contributed by atoms with Crippen LogP contribution in [0.3, 0.4) is 0 Å². The van der Waals surface area contributed by atoms with E-state index in [4.69, 9.17) is 14.6 Å². The molecule has 6 nitrogen and oxygen atoms in total. The van der Waals surface area contributed by atoms with Crippen LogP contribution in [0.25, 0.3) is 33.2 Å². The maximum absolute atomic E-state index is 13.8. The SMILES string of the molecule is CC(C)c1nc(-c2cccc3ccccc23)cc(-c2ccc(F)cc2)c1C#CCO[PH](=O)C[C@@H](O)CC(=O)O. The number of carboxylic acid groups (broad SMARTS) is 1. The van der Waals surface area contributed by atoms with Gasteiger partial charge in [-0.2, -0.15) is 0 Å². The molecule has 200 valence electrons. The fourth-order valence-electron chi connectivity index (χ4n) is 4.32. The average molecular weight is 546 g/mol. The molecule has 1 aromatic heterocycles. The highest BCUT2D eigenvalue weighted by Crippen LogP contribution is 2.35. The fraction of sp³-hybridized carbons (Fsp3) is 0.226. The van der Waals surface area contributed by atoms with Crippen molar-refractivity contribution in [1.82, 2.24) is 4.98 Å². The molecule has 2 N–H and O–H groups in total. The first kappa shape index (κ1) is 28.2. The van der Waals surface area contributed by atoms with E-state index in [9.17, 15) is 18.9 Å². The Morgan fingerprint density at radius 1 is 1.05 bits per heavy atom. The number of benzene rings is 3. The van der Waals surface area contributed by atoms with Gasteiger partial charge in [-0.1, -0.05) is 80.3 Å². The number of rotatable bonds is 9. The number of aliphatic carboxylic acids is 1. The van der Waals surface area contributed by atoms with Gasteiger partial charge in [0, 0.05) is 17.3 Å². The van der Waals surface area contributed by atoms with E-state index in [0.29, 0.717) is 5.56 Å². The molecule has 4 rings (SSSR count). The summed E-state index contributed by atoms with van der Waals surface area (Å²) in [6.45, 7) is 3.88. The first-order valence-electron chi connectivity index (χ1n) is 12.6. The number of aliphatic hydroxyl groups excluding tert-OH is 1. The predicted octanol–water partition coefficient (Wildman–Crippen LogP) is 6.51. The molecule has 0 aliphatic rings. The maximum Gasteiger partial charge on any atom is 0.305 e. The zero-order valence-electron chi connectivity index (χ0n) is 21.6. The number of fused-ring (bicyclic) bond motifs is 1. The summed E-state index contributed by atoms with van der Waals surface area (Å²) >= 11 is 0. The second kappa shape index (κ2) is 12.8. The van der Waals surface area contributed by atoms with Crippen molar-refractivity contribution in [3.05, 3.63) is 89.9 Å². The number of carboxylic acids is 1. The number of hydrogen-bond acceptors (Lipinski definition) is 5. The summed E-state index contributed by atoms with van der Waals surface area (Å²) in [5, 5.41) is 20.6. The quantitative estimate of drug-likeness (QED) is 0.184. The van der Waals surface area contributed by atoms with E-state index in [1.165, 1.54) is 12.1 Å². The Balaban J connectivity index is 1.75. The summed E-state index contributed by atoms with van der Waals surface area (Å²) in [5.41, 5.74) is 4.73. The molecule has 0 amide bonds. The van der Waals surface area contributed by atoms with Gasteiger partial charge < -0.3 is 14.7 Å². The van der Waals surface area contributed by atoms with Gasteiger partial charge in [0.15, 0.2) is 8.03 Å². The van der Waals surface area contributed by atoms with Crippen LogP contribution in [0.5, 0.6) is 0 Å². The Kier molecular flexibility index (Phi) is 9.27. The lowest BCUT2D eigenvalue weighted by molar-refractivity contribution is -0.138. The van der Waals surface area contributed by atoms with Crippen molar-refractivity contribution >= 4 is 24.8 Å². The Morgan fingerprint density at radius 3 is 2.49 bits per heavy atom. The molecule has 8 heteroatoms. The largest absolute Gasteiger partial charge is 0.481 e. The fourth-order valence-corrected chi connectivity index (χ4v) is 5.20. The molecule has 3 aromatic carbocycles. The topological polar surface area (TPSA) is 96.7 Å². The second-order valence-electron chi connectivity index (χ2n) is 9.42. The smallest absolute Gasteiger partial charge is 0.305 e. The highest BCUT2D eigenvalue weighted by atomic mass is 31.1. The van der Waals surface area contributed by atoms with Crippen LogP contribution in [0, 0.1) is 17.7 Å². The van der Waals surface area contributed by atoms with Crippen molar-refractivity contribution in [2.24, 2.45) is 0 Å². The Morgan fingerprint density at radius 2 is 1.77 bits per heavy atom. The van der Waals surface area contributed by atoms with E-state index in [-0.39, 0.29) is 24.5 Å². The van der Waals surface area contributed by atoms with Crippen LogP contribution in [0.15, 0.2) is 72.8 Å². The predicted molar refractivity (Wildman–Crippen MR) is 152 cm³/mol. The standard InChI is InChI=1S/C31H29FNO5P/c1-20(2)31-27(11-6-16-38-39(37)19-24(34)17-30(35)36)28(22-12-14-23(32)15-13-22)18-29(33-31)26-10-5-8-21-7-3-4-9-25(21)26/h3-5,7-10,12-15,18,20,24,34,39H,16-17,19H2,1-2H3,(H,35,36)/t24-/m0/s1. The number of pyridine rings is 1. The van der Waals surface area contributed by atoms with Gasteiger partial charge in [-0.05, 0) is 40.5 Å². The van der Waals surface area contributed by atoms with Gasteiger partial charge in [-0.25, -0.2) is 4.39 Å². The minimum atomic E-state index is -2.67. The summed E-state index contributed by atoms with van der Waals surface area (Å²) in [6.07, 6.45) is -2.00. The zero-order chi connectivity index (χ0) is 27.9. The molecule has 0 bridgehead atoms. The van der Waals surface area contributed by atoms with Crippen LogP contribution < -0.4 is 0 Å². The monoisotopic (exact) mass is 545 g/mol. The molecule has 0 radical (unpaired) electrons. The molecule has 1 unspecified atom stereocenters. The molecule has 4 aromatic rings. The van der Waals surface area contributed by atoms with E-state index < -0.39 is 26.5 Å². The molecule has 0 saturated carbocycles. The Hall–Kier alpha value is -3.82. The van der Waals surface area contributed by atoms with Crippen molar-refractivity contribution in [2.75, 3.05) is 12.8 Å². The van der Waals surface area contributed by atoms with Gasteiger partial charge in [0.1, 0.15) is 12.4 Å². The lowest BCUT2D eigenvalue weighted by atomic mass is 9.92. The minimum absolute atomic E-state index is 0.00893. The molecule has 2 atom stereocenters. The first-order chi connectivity index (χ1) is 18.7. The summed E-state index contributed by atoms with van der Waals surface area (Å²) < 4.78 is 31.2. The average Bonchev–Trinajstić information content (AvgIpc) is 2.90. The first-order valence-corrected chi connectivity index (χ1v) is 14.1. The van der Waals surface area contributed by atoms with Crippen molar-refractivity contribution in [3.63, 3.8) is 0 Å². The lowest BCUT2D eigenvalue weighted by Crippen LogP contribution is -2.15. The second-order valence-corrected chi connectivity index (χ2v) is 10.9. The van der Waals surface area contributed by atoms with E-state index in [1.54, 1.807) is 12.1 Å². The lowest BCUT2D eigenvalue weighted by Gasteiger charge is -2.17. The van der Waals surface area contributed by atoms with E-state index in [2.05, 4.69) is 30.0 Å².